The van der Waals surface area contributed by atoms with Gasteiger partial charge in [-0.3, -0.25) is 0 Å². The number of aliphatic hydroxyl groups excluding tert-OH is 1. The van der Waals surface area contributed by atoms with Gasteiger partial charge in [-0.25, -0.2) is 4.79 Å². The zero-order valence-electron chi connectivity index (χ0n) is 8.73. The van der Waals surface area contributed by atoms with Crippen LogP contribution < -0.4 is 4.74 Å². The number of rotatable bonds is 4. The second-order valence-corrected chi connectivity index (χ2v) is 3.20. The second kappa shape index (κ2) is 4.79. The number of carboxylic acid groups (broad SMARTS) is 1. The molecule has 0 saturated heterocycles. The largest absolute Gasteiger partial charge is 0.494 e. The summed E-state index contributed by atoms with van der Waals surface area (Å²) in [5.41, 5.74) is 1.18. The molecular weight excluding hydrogens is 196 g/mol. The van der Waals surface area contributed by atoms with Gasteiger partial charge in [0.25, 0.3) is 0 Å². The van der Waals surface area contributed by atoms with E-state index in [4.69, 9.17) is 9.84 Å². The standard InChI is InChI=1S/C11H14O4/c1-3-15-9-5-4-8(6-7(9)2)10(12)11(13)14/h4-6,10,12H,3H2,1-2H3,(H,13,14). The highest BCUT2D eigenvalue weighted by Gasteiger charge is 2.16. The molecule has 15 heavy (non-hydrogen) atoms. The highest BCUT2D eigenvalue weighted by Crippen LogP contribution is 2.22. The van der Waals surface area contributed by atoms with Crippen LogP contribution in [0.4, 0.5) is 0 Å². The Morgan fingerprint density at radius 1 is 1.53 bits per heavy atom. The average molecular weight is 210 g/mol. The van der Waals surface area contributed by atoms with Crippen molar-refractivity contribution in [1.82, 2.24) is 0 Å². The molecule has 1 atom stereocenters. The normalized spacial score (nSPS) is 12.2. The van der Waals surface area contributed by atoms with E-state index in [1.807, 2.05) is 13.8 Å². The van der Waals surface area contributed by atoms with E-state index in [-0.39, 0.29) is 0 Å². The Labute approximate surface area is 88.1 Å². The minimum atomic E-state index is -1.47. The van der Waals surface area contributed by atoms with Gasteiger partial charge < -0.3 is 14.9 Å². The molecule has 1 aromatic rings. The first-order valence-corrected chi connectivity index (χ1v) is 4.70. The summed E-state index contributed by atoms with van der Waals surface area (Å²) in [5.74, 6) is -0.544. The van der Waals surface area contributed by atoms with Crippen molar-refractivity contribution in [3.05, 3.63) is 29.3 Å². The summed E-state index contributed by atoms with van der Waals surface area (Å²) in [7, 11) is 0. The molecule has 0 fully saturated rings. The van der Waals surface area contributed by atoms with Crippen LogP contribution in [-0.2, 0) is 4.79 Å². The van der Waals surface area contributed by atoms with Gasteiger partial charge in [0.05, 0.1) is 6.61 Å². The topological polar surface area (TPSA) is 66.8 Å². The van der Waals surface area contributed by atoms with Gasteiger partial charge in [0.1, 0.15) is 5.75 Å². The lowest BCUT2D eigenvalue weighted by Gasteiger charge is -2.10. The lowest BCUT2D eigenvalue weighted by atomic mass is 10.1. The van der Waals surface area contributed by atoms with Crippen LogP contribution in [0.25, 0.3) is 0 Å². The Hall–Kier alpha value is -1.55. The van der Waals surface area contributed by atoms with Crippen LogP contribution in [0, 0.1) is 6.92 Å². The maximum atomic E-state index is 10.5. The Bertz CT molecular complexity index is 360. The Kier molecular flexibility index (Phi) is 3.68. The van der Waals surface area contributed by atoms with Crippen LogP contribution in [-0.4, -0.2) is 22.8 Å². The van der Waals surface area contributed by atoms with Crippen LogP contribution in [0.1, 0.15) is 24.2 Å². The van der Waals surface area contributed by atoms with Crippen molar-refractivity contribution in [2.75, 3.05) is 6.61 Å². The van der Waals surface area contributed by atoms with Crippen molar-refractivity contribution in [2.24, 2.45) is 0 Å². The van der Waals surface area contributed by atoms with E-state index in [1.54, 1.807) is 18.2 Å². The van der Waals surface area contributed by atoms with Crippen molar-refractivity contribution in [2.45, 2.75) is 20.0 Å². The Balaban J connectivity index is 2.95. The number of carboxylic acids is 1. The van der Waals surface area contributed by atoms with Crippen molar-refractivity contribution >= 4 is 5.97 Å². The number of hydrogen-bond acceptors (Lipinski definition) is 3. The molecule has 0 bridgehead atoms. The summed E-state index contributed by atoms with van der Waals surface area (Å²) >= 11 is 0. The first-order valence-electron chi connectivity index (χ1n) is 4.70. The number of hydrogen-bond donors (Lipinski definition) is 2. The van der Waals surface area contributed by atoms with Crippen LogP contribution in [0.15, 0.2) is 18.2 Å². The molecule has 0 heterocycles. The van der Waals surface area contributed by atoms with Crippen molar-refractivity contribution < 1.29 is 19.7 Å². The van der Waals surface area contributed by atoms with E-state index in [0.717, 1.165) is 5.56 Å². The third-order valence-electron chi connectivity index (χ3n) is 2.05. The second-order valence-electron chi connectivity index (χ2n) is 3.20. The molecule has 1 rings (SSSR count). The van der Waals surface area contributed by atoms with Gasteiger partial charge in [0, 0.05) is 0 Å². The maximum absolute atomic E-state index is 10.5. The van der Waals surface area contributed by atoms with Crippen LogP contribution in [0.5, 0.6) is 5.75 Å². The SMILES string of the molecule is CCOc1ccc(C(O)C(=O)O)cc1C. The molecule has 0 saturated carbocycles. The minimum absolute atomic E-state index is 0.364. The van der Waals surface area contributed by atoms with Gasteiger partial charge in [-0.1, -0.05) is 6.07 Å². The molecule has 4 heteroatoms. The van der Waals surface area contributed by atoms with Crippen LogP contribution in [0.2, 0.25) is 0 Å². The number of carbonyl (C=O) groups is 1. The molecule has 0 aromatic heterocycles. The molecular formula is C11H14O4. The summed E-state index contributed by atoms with van der Waals surface area (Å²) < 4.78 is 5.30. The summed E-state index contributed by atoms with van der Waals surface area (Å²) in [6, 6.07) is 4.83. The van der Waals surface area contributed by atoms with E-state index in [2.05, 4.69) is 0 Å². The Morgan fingerprint density at radius 2 is 2.20 bits per heavy atom. The fourth-order valence-corrected chi connectivity index (χ4v) is 1.30. The van der Waals surface area contributed by atoms with Gasteiger partial charge in [0.15, 0.2) is 6.10 Å². The molecule has 0 spiro atoms. The third kappa shape index (κ3) is 2.70. The molecule has 0 aliphatic heterocycles. The molecule has 0 aliphatic rings. The third-order valence-corrected chi connectivity index (χ3v) is 2.05. The zero-order chi connectivity index (χ0) is 11.4. The molecule has 0 amide bonds. The predicted octanol–water partition coefficient (Wildman–Crippen LogP) is 1.51. The first kappa shape index (κ1) is 11.5. The van der Waals surface area contributed by atoms with Crippen LogP contribution in [0.3, 0.4) is 0 Å². The molecule has 82 valence electrons. The molecule has 2 N–H and O–H groups in total. The van der Waals surface area contributed by atoms with E-state index < -0.39 is 12.1 Å². The number of aliphatic hydroxyl groups is 1. The van der Waals surface area contributed by atoms with Gasteiger partial charge in [-0.2, -0.15) is 0 Å². The van der Waals surface area contributed by atoms with Gasteiger partial charge in [0.2, 0.25) is 0 Å². The number of ether oxygens (including phenoxy) is 1. The summed E-state index contributed by atoms with van der Waals surface area (Å²) in [6.07, 6.45) is -1.47. The highest BCUT2D eigenvalue weighted by molar-refractivity contribution is 5.74. The zero-order valence-corrected chi connectivity index (χ0v) is 8.73. The smallest absolute Gasteiger partial charge is 0.337 e. The fraction of sp³-hybridized carbons (Fsp3) is 0.364. The lowest BCUT2D eigenvalue weighted by molar-refractivity contribution is -0.146. The van der Waals surface area contributed by atoms with E-state index in [9.17, 15) is 9.90 Å². The Morgan fingerprint density at radius 3 is 2.67 bits per heavy atom. The van der Waals surface area contributed by atoms with E-state index in [0.29, 0.717) is 17.9 Å². The quantitative estimate of drug-likeness (QED) is 0.790. The summed E-state index contributed by atoms with van der Waals surface area (Å²) in [5, 5.41) is 17.9. The van der Waals surface area contributed by atoms with Crippen molar-refractivity contribution in [3.63, 3.8) is 0 Å². The van der Waals surface area contributed by atoms with E-state index in [1.165, 1.54) is 0 Å². The monoisotopic (exact) mass is 210 g/mol. The molecule has 4 nitrogen and oxygen atoms in total. The fourth-order valence-electron chi connectivity index (χ4n) is 1.30. The molecule has 0 radical (unpaired) electrons. The lowest BCUT2D eigenvalue weighted by Crippen LogP contribution is -2.10. The molecule has 0 aliphatic carbocycles. The van der Waals surface area contributed by atoms with Gasteiger partial charge in [-0.05, 0) is 37.1 Å². The molecule has 1 unspecified atom stereocenters. The number of aliphatic carboxylic acids is 1. The first-order chi connectivity index (χ1) is 7.06. The van der Waals surface area contributed by atoms with Gasteiger partial charge in [-0.15, -0.1) is 0 Å². The average Bonchev–Trinajstić information content (AvgIpc) is 2.20. The van der Waals surface area contributed by atoms with E-state index >= 15 is 0 Å². The molecule has 1 aromatic carbocycles. The minimum Gasteiger partial charge on any atom is -0.494 e. The van der Waals surface area contributed by atoms with Crippen LogP contribution >= 0.6 is 0 Å². The van der Waals surface area contributed by atoms with Crippen molar-refractivity contribution in [1.29, 1.82) is 0 Å². The number of aryl methyl sites for hydroxylation is 1. The number of benzene rings is 1. The maximum Gasteiger partial charge on any atom is 0.337 e. The van der Waals surface area contributed by atoms with Crippen molar-refractivity contribution in [3.8, 4) is 5.75 Å². The highest BCUT2D eigenvalue weighted by atomic mass is 16.5. The van der Waals surface area contributed by atoms with Gasteiger partial charge >= 0.3 is 5.97 Å². The summed E-state index contributed by atoms with van der Waals surface area (Å²) in [6.45, 7) is 4.24. The summed E-state index contributed by atoms with van der Waals surface area (Å²) in [4.78, 5) is 10.5. The predicted molar refractivity (Wildman–Crippen MR) is 54.9 cm³/mol.